The van der Waals surface area contributed by atoms with Gasteiger partial charge in [0.15, 0.2) is 0 Å². The van der Waals surface area contributed by atoms with Gasteiger partial charge >= 0.3 is 0 Å². The Kier molecular flexibility index (Phi) is 4.10. The number of nitriles is 2. The Morgan fingerprint density at radius 2 is 1.96 bits per heavy atom. The maximum Gasteiger partial charge on any atom is 0.268 e. The van der Waals surface area contributed by atoms with Crippen LogP contribution in [0.5, 0.6) is 11.6 Å². The number of benzene rings is 1. The van der Waals surface area contributed by atoms with Gasteiger partial charge in [0.1, 0.15) is 34.8 Å². The number of anilines is 1. The minimum Gasteiger partial charge on any atom is -0.437 e. The molecule has 8 heteroatoms. The van der Waals surface area contributed by atoms with Crippen LogP contribution in [0, 0.1) is 22.7 Å². The largest absolute Gasteiger partial charge is 0.437 e. The fourth-order valence-corrected chi connectivity index (χ4v) is 2.31. The summed E-state index contributed by atoms with van der Waals surface area (Å²) in [5.74, 6) is 0.595. The van der Waals surface area contributed by atoms with Gasteiger partial charge in [0.2, 0.25) is 5.88 Å². The lowest BCUT2D eigenvalue weighted by Crippen LogP contribution is -2.16. The van der Waals surface area contributed by atoms with Gasteiger partial charge in [0.05, 0.1) is 6.20 Å². The van der Waals surface area contributed by atoms with Crippen LogP contribution >= 0.6 is 0 Å². The highest BCUT2D eigenvalue weighted by atomic mass is 16.5. The number of H-pyrrole nitrogens is 1. The molecule has 0 aliphatic carbocycles. The van der Waals surface area contributed by atoms with Crippen molar-refractivity contribution in [3.63, 3.8) is 0 Å². The second-order valence-electron chi connectivity index (χ2n) is 4.89. The molecule has 120 valence electrons. The summed E-state index contributed by atoms with van der Waals surface area (Å²) in [4.78, 5) is 22.2. The Hall–Kier alpha value is -4.17. The molecule has 1 aromatic carbocycles. The topological polar surface area (TPSA) is 141 Å². The van der Waals surface area contributed by atoms with Crippen molar-refractivity contribution in [2.75, 3.05) is 5.73 Å². The molecule has 0 atom stereocenters. The first-order valence-corrected chi connectivity index (χ1v) is 7.04. The lowest BCUT2D eigenvalue weighted by molar-refractivity contribution is 0.460. The quantitative estimate of drug-likeness (QED) is 0.747. The third-order valence-corrected chi connectivity index (χ3v) is 3.35. The third kappa shape index (κ3) is 3.00. The summed E-state index contributed by atoms with van der Waals surface area (Å²) in [5.41, 5.74) is 5.50. The van der Waals surface area contributed by atoms with Gasteiger partial charge in [-0.3, -0.25) is 9.78 Å². The van der Waals surface area contributed by atoms with Crippen molar-refractivity contribution in [1.29, 1.82) is 10.5 Å². The van der Waals surface area contributed by atoms with Crippen LogP contribution in [0.15, 0.2) is 47.7 Å². The fraction of sp³-hybridized carbons (Fsp3) is 0. The predicted octanol–water partition coefficient (Wildman–Crippen LogP) is 1.95. The van der Waals surface area contributed by atoms with Gasteiger partial charge in [-0.1, -0.05) is 12.1 Å². The smallest absolute Gasteiger partial charge is 0.268 e. The molecule has 0 bridgehead atoms. The number of nitrogens with two attached hydrogens (primary N) is 1. The van der Waals surface area contributed by atoms with Crippen molar-refractivity contribution in [2.24, 2.45) is 0 Å². The summed E-state index contributed by atoms with van der Waals surface area (Å²) in [6.45, 7) is 0. The van der Waals surface area contributed by atoms with E-state index in [1.165, 1.54) is 18.6 Å². The summed E-state index contributed by atoms with van der Waals surface area (Å²) in [5, 5.41) is 18.7. The first-order valence-electron chi connectivity index (χ1n) is 7.04. The standard InChI is InChI=1S/C17H10N6O2/c18-7-12-15(13(8-19)17(24)23-16(12)20)10-2-1-3-11(6-10)25-14-9-21-4-5-22-14/h1-6,9H,(H3,20,23,24). The number of aromatic amines is 1. The lowest BCUT2D eigenvalue weighted by Gasteiger charge is -2.10. The first kappa shape index (κ1) is 15.7. The zero-order valence-corrected chi connectivity index (χ0v) is 12.7. The van der Waals surface area contributed by atoms with Gasteiger partial charge in [-0.15, -0.1) is 0 Å². The maximum atomic E-state index is 12.0. The van der Waals surface area contributed by atoms with E-state index in [-0.39, 0.29) is 28.4 Å². The van der Waals surface area contributed by atoms with Crippen LogP contribution < -0.4 is 16.0 Å². The molecule has 0 aliphatic rings. The number of hydrogen-bond donors (Lipinski definition) is 2. The van der Waals surface area contributed by atoms with Crippen molar-refractivity contribution in [2.45, 2.75) is 0 Å². The van der Waals surface area contributed by atoms with Crippen LogP contribution in [0.1, 0.15) is 11.1 Å². The Balaban J connectivity index is 2.15. The molecule has 0 amide bonds. The highest BCUT2D eigenvalue weighted by Crippen LogP contribution is 2.31. The summed E-state index contributed by atoms with van der Waals surface area (Å²) >= 11 is 0. The van der Waals surface area contributed by atoms with Gasteiger partial charge in [-0.25, -0.2) is 4.98 Å². The van der Waals surface area contributed by atoms with Gasteiger partial charge in [-0.2, -0.15) is 10.5 Å². The molecule has 0 saturated carbocycles. The highest BCUT2D eigenvalue weighted by molar-refractivity contribution is 5.80. The van der Waals surface area contributed by atoms with E-state index in [4.69, 9.17) is 10.5 Å². The molecule has 3 rings (SSSR count). The van der Waals surface area contributed by atoms with E-state index in [0.29, 0.717) is 11.3 Å². The molecular weight excluding hydrogens is 320 g/mol. The van der Waals surface area contributed by atoms with E-state index in [1.807, 2.05) is 12.1 Å². The zero-order chi connectivity index (χ0) is 17.8. The summed E-state index contributed by atoms with van der Waals surface area (Å²) < 4.78 is 5.59. The monoisotopic (exact) mass is 330 g/mol. The molecule has 25 heavy (non-hydrogen) atoms. The number of nitrogen functional groups attached to an aromatic ring is 1. The number of pyridine rings is 1. The summed E-state index contributed by atoms with van der Waals surface area (Å²) in [7, 11) is 0. The van der Waals surface area contributed by atoms with Gasteiger partial charge in [0, 0.05) is 18.0 Å². The zero-order valence-electron chi connectivity index (χ0n) is 12.7. The normalized spacial score (nSPS) is 9.84. The highest BCUT2D eigenvalue weighted by Gasteiger charge is 2.18. The number of rotatable bonds is 3. The van der Waals surface area contributed by atoms with Crippen molar-refractivity contribution in [3.8, 4) is 34.9 Å². The maximum absolute atomic E-state index is 12.0. The predicted molar refractivity (Wildman–Crippen MR) is 88.4 cm³/mol. The number of ether oxygens (including phenoxy) is 1. The van der Waals surface area contributed by atoms with Crippen LogP contribution in [0.2, 0.25) is 0 Å². The molecule has 0 saturated heterocycles. The molecule has 0 radical (unpaired) electrons. The average molecular weight is 330 g/mol. The molecule has 8 nitrogen and oxygen atoms in total. The van der Waals surface area contributed by atoms with Crippen molar-refractivity contribution >= 4 is 5.82 Å². The second-order valence-corrected chi connectivity index (χ2v) is 4.89. The van der Waals surface area contributed by atoms with Gasteiger partial charge in [-0.05, 0) is 17.7 Å². The number of nitrogens with zero attached hydrogens (tertiary/aromatic N) is 4. The first-order chi connectivity index (χ1) is 12.1. The molecular formula is C17H10N6O2. The Morgan fingerprint density at radius 1 is 1.16 bits per heavy atom. The van der Waals surface area contributed by atoms with Gasteiger partial charge in [0.25, 0.3) is 5.56 Å². The molecule has 0 unspecified atom stereocenters. The number of hydrogen-bond acceptors (Lipinski definition) is 7. The molecule has 0 spiro atoms. The number of nitrogens with one attached hydrogen (secondary N) is 1. The van der Waals surface area contributed by atoms with Crippen LogP contribution in [0.3, 0.4) is 0 Å². The van der Waals surface area contributed by atoms with Crippen molar-refractivity contribution in [1.82, 2.24) is 15.0 Å². The van der Waals surface area contributed by atoms with E-state index in [2.05, 4.69) is 15.0 Å². The van der Waals surface area contributed by atoms with E-state index in [1.54, 1.807) is 24.3 Å². The Labute approximate surface area is 141 Å². The van der Waals surface area contributed by atoms with Gasteiger partial charge < -0.3 is 15.5 Å². The van der Waals surface area contributed by atoms with Crippen LogP contribution in [-0.2, 0) is 0 Å². The molecule has 3 aromatic rings. The van der Waals surface area contributed by atoms with Crippen LogP contribution in [-0.4, -0.2) is 15.0 Å². The summed E-state index contributed by atoms with van der Waals surface area (Å²) in [6, 6.07) is 10.3. The van der Waals surface area contributed by atoms with E-state index in [9.17, 15) is 15.3 Å². The molecule has 0 fully saturated rings. The van der Waals surface area contributed by atoms with Crippen LogP contribution in [0.25, 0.3) is 11.1 Å². The van der Waals surface area contributed by atoms with E-state index >= 15 is 0 Å². The summed E-state index contributed by atoms with van der Waals surface area (Å²) in [6.07, 6.45) is 4.44. The van der Waals surface area contributed by atoms with E-state index in [0.717, 1.165) is 0 Å². The number of aromatic nitrogens is 3. The molecule has 0 aliphatic heterocycles. The fourth-order valence-electron chi connectivity index (χ4n) is 2.31. The third-order valence-electron chi connectivity index (χ3n) is 3.35. The molecule has 2 heterocycles. The minimum atomic E-state index is -0.658. The van der Waals surface area contributed by atoms with Crippen molar-refractivity contribution in [3.05, 3.63) is 64.3 Å². The Bertz CT molecular complexity index is 1080. The average Bonchev–Trinajstić information content (AvgIpc) is 2.62. The Morgan fingerprint density at radius 3 is 2.64 bits per heavy atom. The SMILES string of the molecule is N#Cc1c(N)[nH]c(=O)c(C#N)c1-c1cccc(Oc2cnccn2)c1. The van der Waals surface area contributed by atoms with Crippen molar-refractivity contribution < 1.29 is 4.74 Å². The van der Waals surface area contributed by atoms with Crippen LogP contribution in [0.4, 0.5) is 5.82 Å². The second kappa shape index (κ2) is 6.52. The molecule has 3 N–H and O–H groups in total. The molecule has 2 aromatic heterocycles. The lowest BCUT2D eigenvalue weighted by atomic mass is 9.96. The minimum absolute atomic E-state index is 0.0211. The van der Waals surface area contributed by atoms with E-state index < -0.39 is 5.56 Å².